The molecular formula is C10H13Cl2O2-. The summed E-state index contributed by atoms with van der Waals surface area (Å²) in [6.07, 6.45) is 0. The van der Waals surface area contributed by atoms with Crippen molar-refractivity contribution in [3.63, 3.8) is 0 Å². The number of aliphatic carboxylic acids is 1. The molecule has 0 unspecified atom stereocenters. The zero-order valence-corrected chi connectivity index (χ0v) is 9.68. The van der Waals surface area contributed by atoms with Gasteiger partial charge < -0.3 is 9.90 Å². The number of rotatable bonds is 0. The highest BCUT2D eigenvalue weighted by molar-refractivity contribution is 6.40. The average molecular weight is 236 g/mol. The smallest absolute Gasteiger partial charge is 0.0967 e. The Morgan fingerprint density at radius 2 is 1.57 bits per heavy atom. The van der Waals surface area contributed by atoms with Gasteiger partial charge in [0, 0.05) is 5.97 Å². The van der Waals surface area contributed by atoms with E-state index < -0.39 is 5.97 Å². The number of carbonyl (C=O) groups excluding carboxylic acids is 1. The van der Waals surface area contributed by atoms with Gasteiger partial charge in [-0.2, -0.15) is 0 Å². The van der Waals surface area contributed by atoms with Crippen molar-refractivity contribution in [2.45, 2.75) is 13.8 Å². The molecule has 0 aliphatic rings. The SMILES string of the molecule is CC(=O)[O-].Cc1ccccc1.ClCCl. The largest absolute Gasteiger partial charge is 0.550 e. The van der Waals surface area contributed by atoms with Gasteiger partial charge in [-0.1, -0.05) is 35.9 Å². The molecule has 1 rings (SSSR count). The number of halogens is 2. The van der Waals surface area contributed by atoms with E-state index in [0.29, 0.717) is 0 Å². The van der Waals surface area contributed by atoms with Gasteiger partial charge in [0.1, 0.15) is 0 Å². The van der Waals surface area contributed by atoms with Crippen LogP contribution in [0.25, 0.3) is 0 Å². The summed E-state index contributed by atoms with van der Waals surface area (Å²) in [5.41, 5.74) is 1.32. The van der Waals surface area contributed by atoms with Crippen molar-refractivity contribution in [3.8, 4) is 0 Å². The summed E-state index contributed by atoms with van der Waals surface area (Å²) in [7, 11) is 0. The summed E-state index contributed by atoms with van der Waals surface area (Å²) in [6, 6.07) is 10.3. The number of carboxylic acids is 1. The number of carbonyl (C=O) groups is 1. The lowest BCUT2D eigenvalue weighted by Crippen LogP contribution is -2.16. The van der Waals surface area contributed by atoms with Gasteiger partial charge in [0.15, 0.2) is 0 Å². The first-order valence-electron chi connectivity index (χ1n) is 3.85. The van der Waals surface area contributed by atoms with Crippen molar-refractivity contribution in [3.05, 3.63) is 35.9 Å². The number of carboxylic acid groups (broad SMARTS) is 1. The molecule has 0 radical (unpaired) electrons. The summed E-state index contributed by atoms with van der Waals surface area (Å²) < 4.78 is 0. The fourth-order valence-electron chi connectivity index (χ4n) is 0.534. The Bertz CT molecular complexity index is 221. The molecule has 2 nitrogen and oxygen atoms in total. The van der Waals surface area contributed by atoms with Crippen LogP contribution in [0.5, 0.6) is 0 Å². The summed E-state index contributed by atoms with van der Waals surface area (Å²) in [5, 5.41) is 9.08. The van der Waals surface area contributed by atoms with Gasteiger partial charge in [0.25, 0.3) is 0 Å². The van der Waals surface area contributed by atoms with Crippen molar-refractivity contribution in [1.29, 1.82) is 0 Å². The number of benzene rings is 1. The summed E-state index contributed by atoms with van der Waals surface area (Å²) >= 11 is 9.53. The first kappa shape index (κ1) is 15.7. The molecule has 1 aromatic rings. The first-order chi connectivity index (χ1) is 6.54. The second-order valence-corrected chi connectivity index (χ2v) is 3.06. The Labute approximate surface area is 94.5 Å². The summed E-state index contributed by atoms with van der Waals surface area (Å²) in [6.45, 7) is 3.06. The van der Waals surface area contributed by atoms with Gasteiger partial charge in [-0.15, -0.1) is 23.2 Å². The fraction of sp³-hybridized carbons (Fsp3) is 0.300. The average Bonchev–Trinajstić information content (AvgIpc) is 2.05. The molecule has 0 amide bonds. The normalized spacial score (nSPS) is 7.43. The van der Waals surface area contributed by atoms with Crippen LogP contribution in [-0.2, 0) is 4.79 Å². The Kier molecular flexibility index (Phi) is 13.8. The third kappa shape index (κ3) is 22.5. The van der Waals surface area contributed by atoms with Crippen LogP contribution in [0.4, 0.5) is 0 Å². The number of aryl methyl sites for hydroxylation is 1. The molecule has 0 fully saturated rings. The van der Waals surface area contributed by atoms with Gasteiger partial charge >= 0.3 is 0 Å². The standard InChI is InChI=1S/C7H8.C2H4O2.CH2Cl2/c1-7-5-3-2-4-6-7;1-2(3)4;2-1-3/h2-6H,1H3;1H3,(H,3,4);1H2/p-1. The van der Waals surface area contributed by atoms with E-state index in [1.807, 2.05) is 18.2 Å². The van der Waals surface area contributed by atoms with E-state index in [0.717, 1.165) is 6.92 Å². The Morgan fingerprint density at radius 1 is 1.29 bits per heavy atom. The zero-order chi connectivity index (χ0) is 11.4. The highest BCUT2D eigenvalue weighted by atomic mass is 35.5. The van der Waals surface area contributed by atoms with E-state index in [4.69, 9.17) is 33.1 Å². The molecule has 0 aliphatic heterocycles. The van der Waals surface area contributed by atoms with Gasteiger partial charge in [-0.25, -0.2) is 0 Å². The third-order valence-corrected chi connectivity index (χ3v) is 0.940. The molecule has 0 atom stereocenters. The van der Waals surface area contributed by atoms with E-state index >= 15 is 0 Å². The fourth-order valence-corrected chi connectivity index (χ4v) is 0.534. The van der Waals surface area contributed by atoms with Crippen LogP contribution < -0.4 is 5.11 Å². The van der Waals surface area contributed by atoms with Crippen LogP contribution in [0.3, 0.4) is 0 Å². The van der Waals surface area contributed by atoms with Gasteiger partial charge in [0.2, 0.25) is 0 Å². The van der Waals surface area contributed by atoms with Crippen LogP contribution >= 0.6 is 23.2 Å². The Balaban J connectivity index is 0. The maximum atomic E-state index is 8.89. The van der Waals surface area contributed by atoms with E-state index in [1.54, 1.807) is 0 Å². The summed E-state index contributed by atoms with van der Waals surface area (Å²) in [4.78, 5) is 8.89. The molecule has 0 saturated carbocycles. The lowest BCUT2D eigenvalue weighted by Gasteiger charge is -1.82. The van der Waals surface area contributed by atoms with E-state index in [2.05, 4.69) is 19.1 Å². The molecule has 0 aliphatic carbocycles. The van der Waals surface area contributed by atoms with Gasteiger partial charge in [0.05, 0.1) is 5.34 Å². The molecule has 1 aromatic carbocycles. The minimum absolute atomic E-state index is 0.194. The number of alkyl halides is 2. The van der Waals surface area contributed by atoms with E-state index in [-0.39, 0.29) is 5.34 Å². The minimum Gasteiger partial charge on any atom is -0.550 e. The van der Waals surface area contributed by atoms with Crippen LogP contribution in [0.15, 0.2) is 30.3 Å². The first-order valence-corrected chi connectivity index (χ1v) is 4.92. The minimum atomic E-state index is -1.08. The Morgan fingerprint density at radius 3 is 1.71 bits per heavy atom. The van der Waals surface area contributed by atoms with E-state index in [1.165, 1.54) is 5.56 Å². The van der Waals surface area contributed by atoms with Crippen LogP contribution in [0.1, 0.15) is 12.5 Å². The second kappa shape index (κ2) is 12.3. The quantitative estimate of drug-likeness (QED) is 0.647. The zero-order valence-electron chi connectivity index (χ0n) is 8.17. The lowest BCUT2D eigenvalue weighted by molar-refractivity contribution is -0.302. The molecule has 0 N–H and O–H groups in total. The van der Waals surface area contributed by atoms with Crippen molar-refractivity contribution in [2.24, 2.45) is 0 Å². The molecule has 4 heteroatoms. The van der Waals surface area contributed by atoms with E-state index in [9.17, 15) is 0 Å². The van der Waals surface area contributed by atoms with Crippen molar-refractivity contribution < 1.29 is 9.90 Å². The van der Waals surface area contributed by atoms with Crippen LogP contribution in [-0.4, -0.2) is 11.3 Å². The van der Waals surface area contributed by atoms with Crippen LogP contribution in [0, 0.1) is 6.92 Å². The molecule has 14 heavy (non-hydrogen) atoms. The Hall–Kier alpha value is -0.730. The van der Waals surface area contributed by atoms with Crippen LogP contribution in [0.2, 0.25) is 0 Å². The molecule has 80 valence electrons. The van der Waals surface area contributed by atoms with Crippen molar-refractivity contribution >= 4 is 29.2 Å². The molecule has 0 spiro atoms. The van der Waals surface area contributed by atoms with Crippen molar-refractivity contribution in [1.82, 2.24) is 0 Å². The van der Waals surface area contributed by atoms with Crippen molar-refractivity contribution in [2.75, 3.05) is 5.34 Å². The maximum Gasteiger partial charge on any atom is 0.0967 e. The number of hydrogen-bond acceptors (Lipinski definition) is 2. The highest BCUT2D eigenvalue weighted by Gasteiger charge is 1.72. The molecule has 0 heterocycles. The molecular weight excluding hydrogens is 223 g/mol. The lowest BCUT2D eigenvalue weighted by atomic mass is 10.2. The number of hydrogen-bond donors (Lipinski definition) is 0. The molecule has 0 aromatic heterocycles. The maximum absolute atomic E-state index is 8.89. The predicted molar refractivity (Wildman–Crippen MR) is 58.4 cm³/mol. The summed E-state index contributed by atoms with van der Waals surface area (Å²) in [5.74, 6) is -1.08. The third-order valence-electron chi connectivity index (χ3n) is 0.940. The molecule has 0 saturated heterocycles. The predicted octanol–water partition coefficient (Wildman–Crippen LogP) is 2.17. The molecule has 0 bridgehead atoms. The van der Waals surface area contributed by atoms with Gasteiger partial charge in [-0.05, 0) is 13.8 Å². The van der Waals surface area contributed by atoms with Gasteiger partial charge in [-0.3, -0.25) is 0 Å². The second-order valence-electron chi connectivity index (χ2n) is 2.25. The topological polar surface area (TPSA) is 40.1 Å². The highest BCUT2D eigenvalue weighted by Crippen LogP contribution is 1.92. The monoisotopic (exact) mass is 235 g/mol.